The van der Waals surface area contributed by atoms with Crippen LogP contribution in [-0.2, 0) is 20.8 Å². The van der Waals surface area contributed by atoms with E-state index in [-0.39, 0.29) is 24.6 Å². The molecule has 0 fully saturated rings. The molecule has 1 heterocycles. The van der Waals surface area contributed by atoms with Crippen LogP contribution in [0.5, 0.6) is 0 Å². The van der Waals surface area contributed by atoms with Gasteiger partial charge in [0, 0.05) is 20.6 Å². The van der Waals surface area contributed by atoms with E-state index in [1.165, 1.54) is 4.90 Å². The third-order valence-electron chi connectivity index (χ3n) is 4.14. The summed E-state index contributed by atoms with van der Waals surface area (Å²) in [5, 5.41) is 13.6. The molecule has 0 spiro atoms. The van der Waals surface area contributed by atoms with Gasteiger partial charge in [-0.2, -0.15) is 0 Å². The molecule has 0 radical (unpaired) electrons. The molecule has 0 aromatic heterocycles. The van der Waals surface area contributed by atoms with Gasteiger partial charge in [0.2, 0.25) is 5.91 Å². The van der Waals surface area contributed by atoms with Gasteiger partial charge in [-0.05, 0) is 30.5 Å². The van der Waals surface area contributed by atoms with Gasteiger partial charge in [0.25, 0.3) is 11.8 Å². The summed E-state index contributed by atoms with van der Waals surface area (Å²) in [6.07, 6.45) is 1.33. The third kappa shape index (κ3) is 5.37. The minimum absolute atomic E-state index is 0.0268. The van der Waals surface area contributed by atoms with Crippen LogP contribution in [0.3, 0.4) is 0 Å². The van der Waals surface area contributed by atoms with E-state index in [0.29, 0.717) is 29.4 Å². The first-order valence-electron chi connectivity index (χ1n) is 8.34. The van der Waals surface area contributed by atoms with E-state index < -0.39 is 17.6 Å². The van der Waals surface area contributed by atoms with Crippen LogP contribution in [0.1, 0.15) is 12.0 Å². The number of hydrogen-bond donors (Lipinski definition) is 2. The molecule has 1 aliphatic rings. The number of aliphatic hydroxyl groups excluding tert-OH is 1. The second-order valence-electron chi connectivity index (χ2n) is 6.38. The first kappa shape index (κ1) is 21.1. The van der Waals surface area contributed by atoms with Crippen LogP contribution in [0.15, 0.2) is 29.5 Å². The Labute approximate surface area is 167 Å². The van der Waals surface area contributed by atoms with Crippen molar-refractivity contribution in [2.24, 2.45) is 0 Å². The molecule has 0 bridgehead atoms. The minimum Gasteiger partial charge on any atom is -0.503 e. The van der Waals surface area contributed by atoms with Gasteiger partial charge in [-0.15, -0.1) is 0 Å². The number of benzene rings is 1. The maximum absolute atomic E-state index is 12.2. The van der Waals surface area contributed by atoms with Crippen molar-refractivity contribution in [1.82, 2.24) is 15.1 Å². The van der Waals surface area contributed by atoms with E-state index in [0.717, 1.165) is 10.5 Å². The maximum Gasteiger partial charge on any atom is 0.290 e. The third-order valence-corrected chi connectivity index (χ3v) is 4.87. The Morgan fingerprint density at radius 3 is 2.59 bits per heavy atom. The number of carbonyl (C=O) groups is 3. The molecular weight excluding hydrogens is 393 g/mol. The van der Waals surface area contributed by atoms with Crippen LogP contribution >= 0.6 is 23.2 Å². The van der Waals surface area contributed by atoms with Gasteiger partial charge in [-0.1, -0.05) is 29.3 Å². The molecule has 1 aliphatic heterocycles. The first-order chi connectivity index (χ1) is 12.7. The number of aryl methyl sites for hydroxylation is 1. The van der Waals surface area contributed by atoms with E-state index >= 15 is 0 Å². The summed E-state index contributed by atoms with van der Waals surface area (Å²) in [5.74, 6) is -2.14. The zero-order chi connectivity index (χ0) is 20.1. The fourth-order valence-corrected chi connectivity index (χ4v) is 2.85. The zero-order valence-electron chi connectivity index (χ0n) is 15.1. The van der Waals surface area contributed by atoms with E-state index in [9.17, 15) is 19.5 Å². The molecule has 1 aromatic carbocycles. The highest BCUT2D eigenvalue weighted by Crippen LogP contribution is 2.23. The van der Waals surface area contributed by atoms with E-state index in [1.807, 2.05) is 6.07 Å². The molecule has 0 saturated carbocycles. The monoisotopic (exact) mass is 413 g/mol. The Balaban J connectivity index is 1.83. The Morgan fingerprint density at radius 1 is 1.26 bits per heavy atom. The van der Waals surface area contributed by atoms with Gasteiger partial charge in [0.15, 0.2) is 5.76 Å². The molecule has 7 nitrogen and oxygen atoms in total. The molecule has 3 amide bonds. The standard InChI is InChI=1S/C18H21Cl2N3O4/c1-22(2)15(24)10-23-9-12(16(25)18(23)27)17(26)21-7-3-4-11-5-6-13(19)14(20)8-11/h5-6,8,25H,3-4,7,9-10H2,1-2H3,(H,21,26). The van der Waals surface area contributed by atoms with Crippen LogP contribution < -0.4 is 5.32 Å². The van der Waals surface area contributed by atoms with E-state index in [4.69, 9.17) is 23.2 Å². The van der Waals surface area contributed by atoms with Crippen molar-refractivity contribution >= 4 is 40.9 Å². The van der Waals surface area contributed by atoms with Crippen molar-refractivity contribution in [2.45, 2.75) is 12.8 Å². The Bertz CT molecular complexity index is 793. The summed E-state index contributed by atoms with van der Waals surface area (Å²) in [5.41, 5.74) is 0.964. The summed E-state index contributed by atoms with van der Waals surface area (Å²) in [7, 11) is 3.13. The van der Waals surface area contributed by atoms with E-state index in [2.05, 4.69) is 5.32 Å². The largest absolute Gasteiger partial charge is 0.503 e. The predicted octanol–water partition coefficient (Wildman–Crippen LogP) is 1.78. The summed E-state index contributed by atoms with van der Waals surface area (Å²) >= 11 is 11.8. The second kappa shape index (κ2) is 9.10. The normalized spacial score (nSPS) is 13.9. The average Bonchev–Trinajstić information content (AvgIpc) is 2.90. The molecule has 2 rings (SSSR count). The Morgan fingerprint density at radius 2 is 1.96 bits per heavy atom. The smallest absolute Gasteiger partial charge is 0.290 e. The molecular formula is C18H21Cl2N3O4. The zero-order valence-corrected chi connectivity index (χ0v) is 16.6. The fourth-order valence-electron chi connectivity index (χ4n) is 2.52. The Hall–Kier alpha value is -2.25. The first-order valence-corrected chi connectivity index (χ1v) is 9.10. The lowest BCUT2D eigenvalue weighted by molar-refractivity contribution is -0.136. The molecule has 0 aliphatic carbocycles. The molecule has 0 atom stereocenters. The molecule has 1 aromatic rings. The van der Waals surface area contributed by atoms with Crippen molar-refractivity contribution in [1.29, 1.82) is 0 Å². The molecule has 2 N–H and O–H groups in total. The number of nitrogens with one attached hydrogen (secondary N) is 1. The molecule has 146 valence electrons. The number of amides is 3. The van der Waals surface area contributed by atoms with Crippen LogP contribution in [-0.4, -0.2) is 66.4 Å². The molecule has 9 heteroatoms. The molecule has 0 unspecified atom stereocenters. The molecule has 0 saturated heterocycles. The lowest BCUT2D eigenvalue weighted by Gasteiger charge is -2.18. The minimum atomic E-state index is -0.717. The highest BCUT2D eigenvalue weighted by atomic mass is 35.5. The van der Waals surface area contributed by atoms with Gasteiger partial charge >= 0.3 is 0 Å². The van der Waals surface area contributed by atoms with E-state index in [1.54, 1.807) is 26.2 Å². The topological polar surface area (TPSA) is 90.0 Å². The van der Waals surface area contributed by atoms with Gasteiger partial charge < -0.3 is 20.2 Å². The number of halogens is 2. The van der Waals surface area contributed by atoms with Gasteiger partial charge in [0.05, 0.1) is 22.2 Å². The average molecular weight is 414 g/mol. The quantitative estimate of drug-likeness (QED) is 0.666. The number of rotatable bonds is 7. The van der Waals surface area contributed by atoms with Crippen molar-refractivity contribution in [3.8, 4) is 0 Å². The van der Waals surface area contributed by atoms with Gasteiger partial charge in [0.1, 0.15) is 6.54 Å². The Kier molecular flexibility index (Phi) is 7.10. The lowest BCUT2D eigenvalue weighted by Crippen LogP contribution is -2.39. The number of likely N-dealkylation sites (N-methyl/N-ethyl adjacent to an activating group) is 1. The van der Waals surface area contributed by atoms with Crippen molar-refractivity contribution in [3.05, 3.63) is 45.1 Å². The van der Waals surface area contributed by atoms with Crippen LogP contribution in [0.4, 0.5) is 0 Å². The summed E-state index contributed by atoms with van der Waals surface area (Å²) in [6.45, 7) is 0.0769. The van der Waals surface area contributed by atoms with Gasteiger partial charge in [-0.25, -0.2) is 0 Å². The summed E-state index contributed by atoms with van der Waals surface area (Å²) in [4.78, 5) is 38.4. The second-order valence-corrected chi connectivity index (χ2v) is 7.20. The van der Waals surface area contributed by atoms with Crippen LogP contribution in [0, 0.1) is 0 Å². The van der Waals surface area contributed by atoms with Crippen molar-refractivity contribution in [2.75, 3.05) is 33.7 Å². The number of carbonyl (C=O) groups excluding carboxylic acids is 3. The highest BCUT2D eigenvalue weighted by molar-refractivity contribution is 6.42. The lowest BCUT2D eigenvalue weighted by atomic mass is 10.1. The number of nitrogens with zero attached hydrogens (tertiary/aromatic N) is 2. The molecule has 27 heavy (non-hydrogen) atoms. The van der Waals surface area contributed by atoms with Crippen molar-refractivity contribution in [3.63, 3.8) is 0 Å². The fraction of sp³-hybridized carbons (Fsp3) is 0.389. The number of hydrogen-bond acceptors (Lipinski definition) is 4. The van der Waals surface area contributed by atoms with Crippen molar-refractivity contribution < 1.29 is 19.5 Å². The van der Waals surface area contributed by atoms with Gasteiger partial charge in [-0.3, -0.25) is 14.4 Å². The number of aliphatic hydroxyl groups is 1. The summed E-state index contributed by atoms with van der Waals surface area (Å²) < 4.78 is 0. The SMILES string of the molecule is CN(C)C(=O)CN1CC(C(=O)NCCCc2ccc(Cl)c(Cl)c2)=C(O)C1=O. The van der Waals surface area contributed by atoms with Crippen LogP contribution in [0.25, 0.3) is 0 Å². The summed E-state index contributed by atoms with van der Waals surface area (Å²) in [6, 6.07) is 5.35. The predicted molar refractivity (Wildman–Crippen MR) is 103 cm³/mol. The maximum atomic E-state index is 12.2. The van der Waals surface area contributed by atoms with Crippen LogP contribution in [0.2, 0.25) is 10.0 Å². The highest BCUT2D eigenvalue weighted by Gasteiger charge is 2.34.